The number of hydrogen-bond donors (Lipinski definition) is 3. The maximum Gasteiger partial charge on any atom is 0.192 e. The zero-order valence-electron chi connectivity index (χ0n) is 21.9. The van der Waals surface area contributed by atoms with E-state index in [-0.39, 0.29) is 35.9 Å². The number of allylic oxidation sites excluding steroid dienone is 1. The predicted octanol–water partition coefficient (Wildman–Crippen LogP) is 3.42. The third-order valence-corrected chi connectivity index (χ3v) is 12.5. The lowest BCUT2D eigenvalue weighted by Crippen LogP contribution is -2.56. The van der Waals surface area contributed by atoms with E-state index in [2.05, 4.69) is 46.9 Å². The molecule has 4 unspecified atom stereocenters. The molecule has 0 radical (unpaired) electrons. The van der Waals surface area contributed by atoms with Crippen LogP contribution in [0.15, 0.2) is 12.2 Å². The quantitative estimate of drug-likeness (QED) is 0.247. The van der Waals surface area contributed by atoms with E-state index in [4.69, 9.17) is 13.9 Å². The van der Waals surface area contributed by atoms with Crippen molar-refractivity contribution in [2.45, 2.75) is 109 Å². The number of Topliss-reactive ketones (excluding diaryl/α,β-unsaturated/α-hetero) is 1. The van der Waals surface area contributed by atoms with Gasteiger partial charge in [0.05, 0.1) is 43.4 Å². The van der Waals surface area contributed by atoms with Crippen molar-refractivity contribution in [3.05, 3.63) is 12.2 Å². The first-order chi connectivity index (χ1) is 15.1. The van der Waals surface area contributed by atoms with Gasteiger partial charge in [-0.05, 0) is 38.4 Å². The van der Waals surface area contributed by atoms with Crippen LogP contribution in [-0.4, -0.2) is 72.3 Å². The Bertz CT molecular complexity index is 718. The molecule has 0 amide bonds. The van der Waals surface area contributed by atoms with E-state index in [1.165, 1.54) is 0 Å². The van der Waals surface area contributed by atoms with Gasteiger partial charge in [0.2, 0.25) is 0 Å². The van der Waals surface area contributed by atoms with E-state index in [0.717, 1.165) is 0 Å². The molecule has 0 aromatic heterocycles. The number of aliphatic hydroxyl groups is 3. The minimum absolute atomic E-state index is 0.0411. The van der Waals surface area contributed by atoms with Crippen LogP contribution < -0.4 is 0 Å². The summed E-state index contributed by atoms with van der Waals surface area (Å²) >= 11 is 0. The van der Waals surface area contributed by atoms with E-state index in [0.29, 0.717) is 6.42 Å². The number of ether oxygens (including phenoxy) is 2. The van der Waals surface area contributed by atoms with Crippen LogP contribution in [0.5, 0.6) is 0 Å². The SMILES string of the molecule is C/C=C\[C@H](C)[C@H]1OC1(C)[C@@H](O[Si](C)(C)C(C)(C)C)[C@@H](CO)C(=O)C1COC(O)(CC)CC1O. The van der Waals surface area contributed by atoms with Crippen molar-refractivity contribution in [2.75, 3.05) is 13.2 Å². The maximum absolute atomic E-state index is 13.7. The Balaban J connectivity index is 2.37. The number of carbonyl (C=O) groups excluding carboxylic acids is 1. The van der Waals surface area contributed by atoms with E-state index in [1.54, 1.807) is 6.92 Å². The average Bonchev–Trinajstić information content (AvgIpc) is 3.40. The largest absolute Gasteiger partial charge is 0.410 e. The van der Waals surface area contributed by atoms with Crippen molar-refractivity contribution in [1.82, 2.24) is 0 Å². The second kappa shape index (κ2) is 10.2. The number of ketones is 1. The van der Waals surface area contributed by atoms with Crippen LogP contribution in [0, 0.1) is 17.8 Å². The van der Waals surface area contributed by atoms with Gasteiger partial charge in [0.25, 0.3) is 0 Å². The van der Waals surface area contributed by atoms with Crippen LogP contribution >= 0.6 is 0 Å². The van der Waals surface area contributed by atoms with Gasteiger partial charge in [0.1, 0.15) is 11.4 Å². The molecule has 0 spiro atoms. The topological polar surface area (TPSA) is 109 Å². The standard InChI is InChI=1S/C25H46O7Si/c1-10-12-16(3)21-24(7,31-21)22(32-33(8,9)23(4,5)6)17(14-26)20(28)18-15-30-25(29,11-2)13-19(18)27/h10,12,16-19,21-22,26-27,29H,11,13-15H2,1-9H3/b12-10-/t16-,17-,18?,19?,21+,22-,24?,25?/m0/s1. The molecule has 8 heteroatoms. The fraction of sp³-hybridized carbons (Fsp3) is 0.880. The molecule has 0 aromatic carbocycles. The molecular weight excluding hydrogens is 440 g/mol. The van der Waals surface area contributed by atoms with Crippen LogP contribution in [0.1, 0.15) is 61.3 Å². The summed E-state index contributed by atoms with van der Waals surface area (Å²) in [7, 11) is -2.34. The van der Waals surface area contributed by atoms with Gasteiger partial charge >= 0.3 is 0 Å². The number of rotatable bonds is 10. The number of epoxide rings is 1. The molecule has 0 saturated carbocycles. The Kier molecular flexibility index (Phi) is 8.82. The van der Waals surface area contributed by atoms with Crippen molar-refractivity contribution in [2.24, 2.45) is 17.8 Å². The smallest absolute Gasteiger partial charge is 0.192 e. The molecule has 33 heavy (non-hydrogen) atoms. The minimum Gasteiger partial charge on any atom is -0.410 e. The summed E-state index contributed by atoms with van der Waals surface area (Å²) in [6.07, 6.45) is 2.48. The molecule has 2 aliphatic rings. The van der Waals surface area contributed by atoms with Crippen LogP contribution in [0.4, 0.5) is 0 Å². The van der Waals surface area contributed by atoms with Crippen molar-refractivity contribution >= 4 is 14.1 Å². The summed E-state index contributed by atoms with van der Waals surface area (Å²) in [4.78, 5) is 13.7. The molecule has 2 rings (SSSR count). The second-order valence-electron chi connectivity index (χ2n) is 11.6. The highest BCUT2D eigenvalue weighted by molar-refractivity contribution is 6.74. The molecule has 0 bridgehead atoms. The molecule has 0 aliphatic carbocycles. The number of aliphatic hydroxyl groups excluding tert-OH is 2. The first-order valence-electron chi connectivity index (χ1n) is 12.2. The third kappa shape index (κ3) is 5.97. The van der Waals surface area contributed by atoms with E-state index in [9.17, 15) is 20.1 Å². The Morgan fingerprint density at radius 1 is 1.33 bits per heavy atom. The molecule has 2 fully saturated rings. The number of carbonyl (C=O) groups is 1. The first-order valence-corrected chi connectivity index (χ1v) is 15.1. The van der Waals surface area contributed by atoms with E-state index >= 15 is 0 Å². The van der Waals surface area contributed by atoms with Gasteiger partial charge in [-0.25, -0.2) is 0 Å². The fourth-order valence-electron chi connectivity index (χ4n) is 4.61. The molecular formula is C25H46O7Si. The Labute approximate surface area is 200 Å². The van der Waals surface area contributed by atoms with Gasteiger partial charge < -0.3 is 29.2 Å². The summed E-state index contributed by atoms with van der Waals surface area (Å²) in [5, 5.41) is 31.4. The minimum atomic E-state index is -2.34. The zero-order chi connectivity index (χ0) is 25.4. The molecule has 2 heterocycles. The van der Waals surface area contributed by atoms with Crippen molar-refractivity contribution in [1.29, 1.82) is 0 Å². The molecule has 2 aliphatic heterocycles. The molecule has 3 N–H and O–H groups in total. The summed E-state index contributed by atoms with van der Waals surface area (Å²) < 4.78 is 18.5. The highest BCUT2D eigenvalue weighted by atomic mass is 28.4. The van der Waals surface area contributed by atoms with Crippen molar-refractivity contribution in [3.63, 3.8) is 0 Å². The summed E-state index contributed by atoms with van der Waals surface area (Å²) in [5.41, 5.74) is -0.734. The van der Waals surface area contributed by atoms with Crippen molar-refractivity contribution < 1.29 is 34.0 Å². The Morgan fingerprint density at radius 2 is 1.94 bits per heavy atom. The lowest BCUT2D eigenvalue weighted by molar-refractivity contribution is -0.258. The summed E-state index contributed by atoms with van der Waals surface area (Å²) in [6.45, 7) is 17.9. The molecule has 192 valence electrons. The van der Waals surface area contributed by atoms with Gasteiger partial charge in [0.15, 0.2) is 14.1 Å². The van der Waals surface area contributed by atoms with Gasteiger partial charge in [-0.15, -0.1) is 0 Å². The van der Waals surface area contributed by atoms with Gasteiger partial charge in [-0.1, -0.05) is 46.8 Å². The Hall–Kier alpha value is -0.613. The highest BCUT2D eigenvalue weighted by Crippen LogP contribution is 2.51. The summed E-state index contributed by atoms with van der Waals surface area (Å²) in [5.74, 6) is -3.32. The lowest BCUT2D eigenvalue weighted by Gasteiger charge is -2.44. The maximum atomic E-state index is 13.7. The Morgan fingerprint density at radius 3 is 2.39 bits per heavy atom. The zero-order valence-corrected chi connectivity index (χ0v) is 22.9. The van der Waals surface area contributed by atoms with Gasteiger partial charge in [-0.3, -0.25) is 4.79 Å². The van der Waals surface area contributed by atoms with Crippen LogP contribution in [-0.2, 0) is 18.7 Å². The van der Waals surface area contributed by atoms with Crippen LogP contribution in [0.3, 0.4) is 0 Å². The fourth-order valence-corrected chi connectivity index (χ4v) is 5.99. The second-order valence-corrected chi connectivity index (χ2v) is 16.3. The molecule has 7 nitrogen and oxygen atoms in total. The third-order valence-electron chi connectivity index (χ3n) is 8.02. The molecule has 2 saturated heterocycles. The van der Waals surface area contributed by atoms with Gasteiger partial charge in [0, 0.05) is 12.3 Å². The van der Waals surface area contributed by atoms with Crippen LogP contribution in [0.25, 0.3) is 0 Å². The highest BCUT2D eigenvalue weighted by Gasteiger charge is 2.64. The van der Waals surface area contributed by atoms with E-state index < -0.39 is 50.4 Å². The van der Waals surface area contributed by atoms with Crippen LogP contribution in [0.2, 0.25) is 18.1 Å². The normalized spacial score (nSPS) is 35.9. The average molecular weight is 487 g/mol. The lowest BCUT2D eigenvalue weighted by atomic mass is 9.78. The predicted molar refractivity (Wildman–Crippen MR) is 130 cm³/mol. The van der Waals surface area contributed by atoms with Gasteiger partial charge in [-0.2, -0.15) is 0 Å². The number of hydrogen-bond acceptors (Lipinski definition) is 7. The molecule has 0 aromatic rings. The molecule has 8 atom stereocenters. The summed E-state index contributed by atoms with van der Waals surface area (Å²) in [6, 6.07) is 0. The monoisotopic (exact) mass is 486 g/mol. The first kappa shape index (κ1) is 28.6. The van der Waals surface area contributed by atoms with E-state index in [1.807, 2.05) is 19.9 Å². The van der Waals surface area contributed by atoms with Crippen molar-refractivity contribution in [3.8, 4) is 0 Å².